The lowest BCUT2D eigenvalue weighted by molar-refractivity contribution is -0.118. The average molecular weight is 235 g/mol. The Labute approximate surface area is 103 Å². The maximum Gasteiger partial charge on any atom is 0.137 e. The molecule has 0 fully saturated rings. The maximum atomic E-state index is 11.2. The van der Waals surface area contributed by atoms with Crippen molar-refractivity contribution in [3.63, 3.8) is 0 Å². The lowest BCUT2D eigenvalue weighted by Gasteiger charge is -2.23. The van der Waals surface area contributed by atoms with Crippen molar-refractivity contribution in [3.05, 3.63) is 24.0 Å². The average Bonchev–Trinajstić information content (AvgIpc) is 2.25. The molecular formula is C14H21NO2. The van der Waals surface area contributed by atoms with Crippen LogP contribution >= 0.6 is 0 Å². The molecule has 0 aliphatic heterocycles. The lowest BCUT2D eigenvalue weighted by Crippen LogP contribution is -2.20. The lowest BCUT2D eigenvalue weighted by atomic mass is 9.81. The van der Waals surface area contributed by atoms with E-state index >= 15 is 0 Å². The zero-order chi connectivity index (χ0) is 12.9. The molecule has 1 aromatic rings. The van der Waals surface area contributed by atoms with Crippen molar-refractivity contribution in [2.45, 2.75) is 46.0 Å². The summed E-state index contributed by atoms with van der Waals surface area (Å²) in [5, 5.41) is 0. The number of carbonyl (C=O) groups is 1. The van der Waals surface area contributed by atoms with Crippen LogP contribution in [0.1, 0.15) is 46.1 Å². The number of Topliss-reactive ketones (excluding diaryl/α,β-unsaturated/α-hetero) is 1. The van der Waals surface area contributed by atoms with Gasteiger partial charge in [-0.2, -0.15) is 0 Å². The van der Waals surface area contributed by atoms with Crippen LogP contribution in [0.4, 0.5) is 0 Å². The van der Waals surface area contributed by atoms with Gasteiger partial charge in [0.15, 0.2) is 0 Å². The van der Waals surface area contributed by atoms with Crippen LogP contribution in [0.15, 0.2) is 18.5 Å². The van der Waals surface area contributed by atoms with E-state index in [9.17, 15) is 4.79 Å². The molecule has 0 aromatic carbocycles. The van der Waals surface area contributed by atoms with E-state index in [0.29, 0.717) is 13.0 Å². The summed E-state index contributed by atoms with van der Waals surface area (Å²) in [5.74, 6) is 0.968. The third-order valence-electron chi connectivity index (χ3n) is 2.66. The standard InChI is InChI=1S/C14H21NO2/c1-5-6-17-13-7-12(9-15-10-13)14(3,4)8-11(2)16/h7,9-10H,5-6,8H2,1-4H3. The molecule has 0 atom stereocenters. The van der Waals surface area contributed by atoms with Crippen LogP contribution in [0.25, 0.3) is 0 Å². The van der Waals surface area contributed by atoms with E-state index in [1.54, 1.807) is 13.1 Å². The zero-order valence-corrected chi connectivity index (χ0v) is 11.1. The number of rotatable bonds is 6. The van der Waals surface area contributed by atoms with Crippen LogP contribution in [-0.2, 0) is 10.2 Å². The topological polar surface area (TPSA) is 39.2 Å². The second kappa shape index (κ2) is 5.80. The predicted molar refractivity (Wildman–Crippen MR) is 68.3 cm³/mol. The molecule has 0 N–H and O–H groups in total. The molecule has 17 heavy (non-hydrogen) atoms. The molecule has 1 rings (SSSR count). The molecular weight excluding hydrogens is 214 g/mol. The molecule has 0 radical (unpaired) electrons. The first-order chi connectivity index (χ1) is 7.95. The summed E-state index contributed by atoms with van der Waals surface area (Å²) in [4.78, 5) is 15.4. The summed E-state index contributed by atoms with van der Waals surface area (Å²) in [6.45, 7) is 8.48. The number of ketones is 1. The van der Waals surface area contributed by atoms with Crippen LogP contribution in [0.3, 0.4) is 0 Å². The first-order valence-electron chi connectivity index (χ1n) is 6.03. The highest BCUT2D eigenvalue weighted by atomic mass is 16.5. The Morgan fingerprint density at radius 1 is 1.41 bits per heavy atom. The Kier molecular flexibility index (Phi) is 4.67. The summed E-state index contributed by atoms with van der Waals surface area (Å²) in [6.07, 6.45) is 5.01. The van der Waals surface area contributed by atoms with Gasteiger partial charge in [-0.3, -0.25) is 9.78 Å². The molecule has 0 unspecified atom stereocenters. The predicted octanol–water partition coefficient (Wildman–Crippen LogP) is 3.13. The van der Waals surface area contributed by atoms with Crippen LogP contribution in [0.2, 0.25) is 0 Å². The third kappa shape index (κ3) is 4.17. The number of ether oxygens (including phenoxy) is 1. The van der Waals surface area contributed by atoms with E-state index in [2.05, 4.69) is 25.8 Å². The summed E-state index contributed by atoms with van der Waals surface area (Å²) in [7, 11) is 0. The molecule has 0 bridgehead atoms. The minimum absolute atomic E-state index is 0.190. The van der Waals surface area contributed by atoms with Gasteiger partial charge in [0.1, 0.15) is 11.5 Å². The first-order valence-corrected chi connectivity index (χ1v) is 6.03. The molecule has 0 aliphatic carbocycles. The van der Waals surface area contributed by atoms with Gasteiger partial charge in [-0.05, 0) is 30.4 Å². The van der Waals surface area contributed by atoms with Crippen molar-refractivity contribution in [2.24, 2.45) is 0 Å². The van der Waals surface area contributed by atoms with Gasteiger partial charge in [-0.1, -0.05) is 20.8 Å². The quantitative estimate of drug-likeness (QED) is 0.760. The van der Waals surface area contributed by atoms with E-state index in [1.807, 2.05) is 12.3 Å². The van der Waals surface area contributed by atoms with Gasteiger partial charge in [0, 0.05) is 12.6 Å². The summed E-state index contributed by atoms with van der Waals surface area (Å²) in [6, 6.07) is 1.98. The minimum atomic E-state index is -0.190. The highest BCUT2D eigenvalue weighted by Crippen LogP contribution is 2.28. The molecule has 0 aliphatic rings. The van der Waals surface area contributed by atoms with E-state index in [-0.39, 0.29) is 11.2 Å². The van der Waals surface area contributed by atoms with E-state index < -0.39 is 0 Å². The number of carbonyl (C=O) groups excluding carboxylic acids is 1. The fraction of sp³-hybridized carbons (Fsp3) is 0.571. The molecule has 1 aromatic heterocycles. The van der Waals surface area contributed by atoms with Crippen LogP contribution in [0, 0.1) is 0 Å². The van der Waals surface area contributed by atoms with Crippen LogP contribution in [-0.4, -0.2) is 17.4 Å². The number of hydrogen-bond donors (Lipinski definition) is 0. The van der Waals surface area contributed by atoms with Gasteiger partial charge in [-0.15, -0.1) is 0 Å². The SMILES string of the molecule is CCCOc1cncc(C(C)(C)CC(C)=O)c1. The van der Waals surface area contributed by atoms with Gasteiger partial charge in [0.05, 0.1) is 12.8 Å². The zero-order valence-electron chi connectivity index (χ0n) is 11.1. The largest absolute Gasteiger partial charge is 0.492 e. The number of hydrogen-bond acceptors (Lipinski definition) is 3. The Morgan fingerprint density at radius 2 is 2.12 bits per heavy atom. The van der Waals surface area contributed by atoms with Crippen molar-refractivity contribution in [3.8, 4) is 5.75 Å². The second-order valence-corrected chi connectivity index (χ2v) is 5.02. The smallest absolute Gasteiger partial charge is 0.137 e. The minimum Gasteiger partial charge on any atom is -0.492 e. The normalized spacial score (nSPS) is 11.3. The fourth-order valence-electron chi connectivity index (χ4n) is 1.81. The van der Waals surface area contributed by atoms with Crippen molar-refractivity contribution in [2.75, 3.05) is 6.61 Å². The fourth-order valence-corrected chi connectivity index (χ4v) is 1.81. The Hall–Kier alpha value is -1.38. The van der Waals surface area contributed by atoms with Crippen molar-refractivity contribution < 1.29 is 9.53 Å². The third-order valence-corrected chi connectivity index (χ3v) is 2.66. The van der Waals surface area contributed by atoms with Crippen molar-refractivity contribution >= 4 is 5.78 Å². The molecule has 0 saturated carbocycles. The maximum absolute atomic E-state index is 11.2. The molecule has 94 valence electrons. The summed E-state index contributed by atoms with van der Waals surface area (Å²) >= 11 is 0. The Bertz CT molecular complexity index is 386. The van der Waals surface area contributed by atoms with E-state index in [1.165, 1.54) is 0 Å². The van der Waals surface area contributed by atoms with Gasteiger partial charge in [0.25, 0.3) is 0 Å². The van der Waals surface area contributed by atoms with E-state index in [4.69, 9.17) is 4.74 Å². The molecule has 0 spiro atoms. The van der Waals surface area contributed by atoms with Crippen LogP contribution in [0.5, 0.6) is 5.75 Å². The molecule has 1 heterocycles. The first kappa shape index (κ1) is 13.7. The Balaban J connectivity index is 2.86. The number of pyridine rings is 1. The monoisotopic (exact) mass is 235 g/mol. The highest BCUT2D eigenvalue weighted by molar-refractivity contribution is 5.77. The number of nitrogens with zero attached hydrogens (tertiary/aromatic N) is 1. The van der Waals surface area contributed by atoms with Crippen molar-refractivity contribution in [1.82, 2.24) is 4.98 Å². The highest BCUT2D eigenvalue weighted by Gasteiger charge is 2.23. The summed E-state index contributed by atoms with van der Waals surface area (Å²) in [5.41, 5.74) is 0.853. The van der Waals surface area contributed by atoms with Gasteiger partial charge < -0.3 is 4.74 Å². The van der Waals surface area contributed by atoms with E-state index in [0.717, 1.165) is 17.7 Å². The Morgan fingerprint density at radius 3 is 2.71 bits per heavy atom. The van der Waals surface area contributed by atoms with Gasteiger partial charge >= 0.3 is 0 Å². The van der Waals surface area contributed by atoms with Gasteiger partial charge in [0.2, 0.25) is 0 Å². The summed E-state index contributed by atoms with van der Waals surface area (Å²) < 4.78 is 5.55. The van der Waals surface area contributed by atoms with Gasteiger partial charge in [-0.25, -0.2) is 0 Å². The molecule has 0 saturated heterocycles. The van der Waals surface area contributed by atoms with Crippen LogP contribution < -0.4 is 4.74 Å². The molecule has 3 nitrogen and oxygen atoms in total. The molecule has 0 amide bonds. The second-order valence-electron chi connectivity index (χ2n) is 5.02. The van der Waals surface area contributed by atoms with Crippen molar-refractivity contribution in [1.29, 1.82) is 0 Å². The number of aromatic nitrogens is 1. The molecule has 3 heteroatoms.